The monoisotopic (exact) mass is 180 g/mol. The van der Waals surface area contributed by atoms with Crippen LogP contribution >= 0.6 is 11.3 Å². The molecule has 0 aromatic carbocycles. The topological polar surface area (TPSA) is 52.0 Å². The third kappa shape index (κ3) is 1.21. The molecule has 12 heavy (non-hydrogen) atoms. The zero-order chi connectivity index (χ0) is 8.55. The van der Waals surface area contributed by atoms with E-state index in [-0.39, 0.29) is 0 Å². The van der Waals surface area contributed by atoms with Crippen LogP contribution in [0, 0.1) is 6.92 Å². The van der Waals surface area contributed by atoms with Crippen molar-refractivity contribution in [3.63, 3.8) is 0 Å². The number of thiazole rings is 1. The Balaban J connectivity index is 2.43. The predicted molar refractivity (Wildman–Crippen MR) is 49.0 cm³/mol. The maximum Gasteiger partial charge on any atom is 0.191 e. The summed E-state index contributed by atoms with van der Waals surface area (Å²) < 4.78 is 5.20. The average molecular weight is 180 g/mol. The van der Waals surface area contributed by atoms with E-state index in [0.717, 1.165) is 16.5 Å². The molecule has 4 heteroatoms. The number of furan rings is 1. The number of hydrogen-bond acceptors (Lipinski definition) is 4. The van der Waals surface area contributed by atoms with E-state index in [9.17, 15) is 0 Å². The number of rotatable bonds is 1. The molecule has 0 bridgehead atoms. The van der Waals surface area contributed by atoms with Crippen LogP contribution in [-0.2, 0) is 0 Å². The molecule has 3 nitrogen and oxygen atoms in total. The van der Waals surface area contributed by atoms with Gasteiger partial charge in [-0.1, -0.05) is 0 Å². The van der Waals surface area contributed by atoms with Crippen LogP contribution in [0.5, 0.6) is 0 Å². The summed E-state index contributed by atoms with van der Waals surface area (Å²) in [6.45, 7) is 1.96. The summed E-state index contributed by atoms with van der Waals surface area (Å²) in [6, 6.07) is 3.55. The summed E-state index contributed by atoms with van der Waals surface area (Å²) in [6.07, 6.45) is 0. The van der Waals surface area contributed by atoms with Crippen molar-refractivity contribution in [3.8, 4) is 11.5 Å². The molecule has 0 spiro atoms. The first-order valence-corrected chi connectivity index (χ1v) is 4.41. The molecule has 0 aliphatic carbocycles. The van der Waals surface area contributed by atoms with Crippen molar-refractivity contribution in [2.45, 2.75) is 6.92 Å². The van der Waals surface area contributed by atoms with E-state index in [0.29, 0.717) is 5.88 Å². The first-order valence-electron chi connectivity index (χ1n) is 3.53. The Kier molecular flexibility index (Phi) is 1.62. The van der Waals surface area contributed by atoms with E-state index in [4.69, 9.17) is 10.2 Å². The third-order valence-electron chi connectivity index (χ3n) is 1.50. The van der Waals surface area contributed by atoms with E-state index in [1.807, 2.05) is 18.4 Å². The molecular weight excluding hydrogens is 172 g/mol. The lowest BCUT2D eigenvalue weighted by Gasteiger charge is -1.86. The standard InChI is InChI=1S/C8H8N2OS/c1-5-10-6(4-12-5)7-2-3-8(9)11-7/h2-4H,9H2,1H3. The van der Waals surface area contributed by atoms with Gasteiger partial charge >= 0.3 is 0 Å². The molecule has 2 rings (SSSR count). The molecule has 62 valence electrons. The minimum Gasteiger partial charge on any atom is -0.439 e. The zero-order valence-corrected chi connectivity index (χ0v) is 7.39. The quantitative estimate of drug-likeness (QED) is 0.732. The van der Waals surface area contributed by atoms with Crippen LogP contribution in [0.4, 0.5) is 5.88 Å². The van der Waals surface area contributed by atoms with Gasteiger partial charge in [-0.3, -0.25) is 0 Å². The summed E-state index contributed by atoms with van der Waals surface area (Å²) in [5, 5.41) is 2.98. The average Bonchev–Trinajstić information content (AvgIpc) is 2.58. The smallest absolute Gasteiger partial charge is 0.191 e. The highest BCUT2D eigenvalue weighted by atomic mass is 32.1. The Bertz CT molecular complexity index is 353. The van der Waals surface area contributed by atoms with Gasteiger partial charge in [0, 0.05) is 11.4 Å². The molecule has 0 fully saturated rings. The Morgan fingerprint density at radius 1 is 1.50 bits per heavy atom. The second kappa shape index (κ2) is 2.64. The fourth-order valence-corrected chi connectivity index (χ4v) is 1.57. The van der Waals surface area contributed by atoms with Gasteiger partial charge in [0.05, 0.1) is 5.01 Å². The lowest BCUT2D eigenvalue weighted by atomic mass is 10.4. The molecule has 0 aliphatic rings. The van der Waals surface area contributed by atoms with E-state index >= 15 is 0 Å². The number of nitrogens with two attached hydrogens (primary N) is 1. The number of nitrogen functional groups attached to an aromatic ring is 1. The number of aromatic nitrogens is 1. The molecule has 0 amide bonds. The number of nitrogens with zero attached hydrogens (tertiary/aromatic N) is 1. The largest absolute Gasteiger partial charge is 0.439 e. The van der Waals surface area contributed by atoms with Gasteiger partial charge in [0.25, 0.3) is 0 Å². The first kappa shape index (κ1) is 7.36. The van der Waals surface area contributed by atoms with Crippen molar-refractivity contribution in [1.82, 2.24) is 4.98 Å². The van der Waals surface area contributed by atoms with E-state index in [1.165, 1.54) is 0 Å². The van der Waals surface area contributed by atoms with E-state index < -0.39 is 0 Å². The normalized spacial score (nSPS) is 10.4. The Morgan fingerprint density at radius 3 is 2.83 bits per heavy atom. The second-order valence-electron chi connectivity index (χ2n) is 2.45. The fraction of sp³-hybridized carbons (Fsp3) is 0.125. The maximum atomic E-state index is 5.43. The maximum absolute atomic E-state index is 5.43. The Morgan fingerprint density at radius 2 is 2.33 bits per heavy atom. The molecule has 0 saturated heterocycles. The van der Waals surface area contributed by atoms with Crippen LogP contribution in [0.15, 0.2) is 21.9 Å². The van der Waals surface area contributed by atoms with Gasteiger partial charge in [-0.2, -0.15) is 0 Å². The van der Waals surface area contributed by atoms with Crippen molar-refractivity contribution >= 4 is 17.2 Å². The summed E-state index contributed by atoms with van der Waals surface area (Å²) in [4.78, 5) is 4.26. The van der Waals surface area contributed by atoms with E-state index in [2.05, 4.69) is 4.98 Å². The highest BCUT2D eigenvalue weighted by Gasteiger charge is 2.05. The minimum atomic E-state index is 0.427. The van der Waals surface area contributed by atoms with Gasteiger partial charge in [0.15, 0.2) is 11.6 Å². The summed E-state index contributed by atoms with van der Waals surface area (Å²) in [5.74, 6) is 1.16. The minimum absolute atomic E-state index is 0.427. The lowest BCUT2D eigenvalue weighted by molar-refractivity contribution is 0.601. The molecule has 2 aromatic rings. The molecule has 0 saturated carbocycles. The highest BCUT2D eigenvalue weighted by Crippen LogP contribution is 2.24. The molecule has 2 N–H and O–H groups in total. The number of hydrogen-bond donors (Lipinski definition) is 1. The molecule has 0 unspecified atom stereocenters. The van der Waals surface area contributed by atoms with Crippen molar-refractivity contribution in [3.05, 3.63) is 22.5 Å². The molecule has 2 aromatic heterocycles. The number of aryl methyl sites for hydroxylation is 1. The molecule has 0 radical (unpaired) electrons. The van der Waals surface area contributed by atoms with Crippen molar-refractivity contribution < 1.29 is 4.42 Å². The number of anilines is 1. The Hall–Kier alpha value is -1.29. The van der Waals surface area contributed by atoms with Gasteiger partial charge in [0.2, 0.25) is 0 Å². The third-order valence-corrected chi connectivity index (χ3v) is 2.27. The predicted octanol–water partition coefficient (Wildman–Crippen LogP) is 2.29. The molecular formula is C8H8N2OS. The van der Waals surface area contributed by atoms with Gasteiger partial charge in [-0.05, 0) is 13.0 Å². The Labute approximate surface area is 73.8 Å². The SMILES string of the molecule is Cc1nc(-c2ccc(N)o2)cs1. The first-order chi connectivity index (χ1) is 5.75. The van der Waals surface area contributed by atoms with Gasteiger partial charge < -0.3 is 10.2 Å². The highest BCUT2D eigenvalue weighted by molar-refractivity contribution is 7.09. The van der Waals surface area contributed by atoms with Gasteiger partial charge in [-0.25, -0.2) is 4.98 Å². The molecule has 0 atom stereocenters. The summed E-state index contributed by atoms with van der Waals surface area (Å²) >= 11 is 1.60. The van der Waals surface area contributed by atoms with Crippen molar-refractivity contribution in [2.75, 3.05) is 5.73 Å². The van der Waals surface area contributed by atoms with Crippen LogP contribution in [-0.4, -0.2) is 4.98 Å². The fourth-order valence-electron chi connectivity index (χ4n) is 0.967. The van der Waals surface area contributed by atoms with Gasteiger partial charge in [-0.15, -0.1) is 11.3 Å². The second-order valence-corrected chi connectivity index (χ2v) is 3.52. The molecule has 0 aliphatic heterocycles. The van der Waals surface area contributed by atoms with Crippen LogP contribution in [0.3, 0.4) is 0 Å². The summed E-state index contributed by atoms with van der Waals surface area (Å²) in [7, 11) is 0. The summed E-state index contributed by atoms with van der Waals surface area (Å²) in [5.41, 5.74) is 6.29. The van der Waals surface area contributed by atoms with Crippen molar-refractivity contribution in [2.24, 2.45) is 0 Å². The van der Waals surface area contributed by atoms with Crippen molar-refractivity contribution in [1.29, 1.82) is 0 Å². The van der Waals surface area contributed by atoms with Crippen LogP contribution in [0.1, 0.15) is 5.01 Å². The van der Waals surface area contributed by atoms with Crippen LogP contribution in [0.25, 0.3) is 11.5 Å². The van der Waals surface area contributed by atoms with Crippen LogP contribution in [0.2, 0.25) is 0 Å². The zero-order valence-electron chi connectivity index (χ0n) is 6.57. The van der Waals surface area contributed by atoms with E-state index in [1.54, 1.807) is 17.4 Å². The van der Waals surface area contributed by atoms with Gasteiger partial charge in [0.1, 0.15) is 5.69 Å². The van der Waals surface area contributed by atoms with Crippen LogP contribution < -0.4 is 5.73 Å². The lowest BCUT2D eigenvalue weighted by Crippen LogP contribution is -1.77. The molecule has 2 heterocycles.